The summed E-state index contributed by atoms with van der Waals surface area (Å²) in [7, 11) is 3.04. The molecule has 0 spiro atoms. The van der Waals surface area contributed by atoms with Gasteiger partial charge < -0.3 is 18.9 Å². The molecule has 0 aliphatic carbocycles. The molecule has 0 bridgehead atoms. The van der Waals surface area contributed by atoms with Gasteiger partial charge in [0.2, 0.25) is 5.75 Å². The molecule has 0 amide bonds. The van der Waals surface area contributed by atoms with E-state index in [0.29, 0.717) is 23.9 Å². The van der Waals surface area contributed by atoms with Crippen molar-refractivity contribution < 1.29 is 23.7 Å². The lowest BCUT2D eigenvalue weighted by atomic mass is 10.3. The Bertz CT molecular complexity index is 353. The minimum absolute atomic E-state index is 0.176. The van der Waals surface area contributed by atoms with Crippen LogP contribution in [0.15, 0.2) is 18.2 Å². The second-order valence-electron chi connectivity index (χ2n) is 3.09. The molecule has 0 heterocycles. The minimum Gasteiger partial charge on any atom is -0.493 e. The van der Waals surface area contributed by atoms with Gasteiger partial charge >= 0.3 is 5.97 Å². The highest BCUT2D eigenvalue weighted by molar-refractivity contribution is 5.71. The van der Waals surface area contributed by atoms with Crippen molar-refractivity contribution in [1.29, 1.82) is 0 Å². The fourth-order valence-electron chi connectivity index (χ4n) is 1.29. The Morgan fingerprint density at radius 2 is 1.76 bits per heavy atom. The highest BCUT2D eigenvalue weighted by atomic mass is 16.6. The summed E-state index contributed by atoms with van der Waals surface area (Å²) in [6, 6.07) is 5.22. The van der Waals surface area contributed by atoms with Crippen LogP contribution < -0.4 is 14.2 Å². The first-order chi connectivity index (χ1) is 8.22. The predicted molar refractivity (Wildman–Crippen MR) is 61.7 cm³/mol. The molecule has 94 valence electrons. The van der Waals surface area contributed by atoms with E-state index in [0.717, 1.165) is 0 Å². The van der Waals surface area contributed by atoms with E-state index < -0.39 is 5.97 Å². The molecule has 5 nitrogen and oxygen atoms in total. The molecule has 0 aromatic heterocycles. The van der Waals surface area contributed by atoms with E-state index >= 15 is 0 Å². The van der Waals surface area contributed by atoms with Crippen molar-refractivity contribution in [3.8, 4) is 17.2 Å². The summed E-state index contributed by atoms with van der Waals surface area (Å²) in [6.45, 7) is 1.89. The zero-order chi connectivity index (χ0) is 12.7. The average molecular weight is 240 g/mol. The monoisotopic (exact) mass is 240 g/mol. The minimum atomic E-state index is -0.430. The lowest BCUT2D eigenvalue weighted by Crippen LogP contribution is -2.15. The Kier molecular flexibility index (Phi) is 5.13. The number of rotatable bonds is 6. The van der Waals surface area contributed by atoms with Crippen molar-refractivity contribution in [2.45, 2.75) is 6.92 Å². The third-order valence-corrected chi connectivity index (χ3v) is 2.02. The fraction of sp³-hybridized carbons (Fsp3) is 0.417. The summed E-state index contributed by atoms with van der Waals surface area (Å²) in [5.41, 5.74) is 0. The largest absolute Gasteiger partial charge is 0.493 e. The summed E-state index contributed by atoms with van der Waals surface area (Å²) < 4.78 is 20.4. The number of para-hydroxylation sites is 1. The summed E-state index contributed by atoms with van der Waals surface area (Å²) in [5, 5.41) is 0. The number of hydrogen-bond donors (Lipinski definition) is 0. The highest BCUT2D eigenvalue weighted by Gasteiger charge is 2.13. The molecule has 0 N–H and O–H groups in total. The van der Waals surface area contributed by atoms with Gasteiger partial charge in [-0.15, -0.1) is 0 Å². The highest BCUT2D eigenvalue weighted by Crippen LogP contribution is 2.36. The molecule has 1 aromatic carbocycles. The third kappa shape index (κ3) is 3.55. The van der Waals surface area contributed by atoms with Gasteiger partial charge in [0.1, 0.15) is 0 Å². The van der Waals surface area contributed by atoms with Crippen LogP contribution in [0.3, 0.4) is 0 Å². The van der Waals surface area contributed by atoms with Gasteiger partial charge in [0.15, 0.2) is 18.1 Å². The first-order valence-electron chi connectivity index (χ1n) is 5.22. The second kappa shape index (κ2) is 6.62. The van der Waals surface area contributed by atoms with E-state index in [4.69, 9.17) is 18.9 Å². The van der Waals surface area contributed by atoms with Crippen LogP contribution in [0.25, 0.3) is 0 Å². The quantitative estimate of drug-likeness (QED) is 0.707. The topological polar surface area (TPSA) is 54.0 Å². The molecule has 1 aromatic rings. The fourth-order valence-corrected chi connectivity index (χ4v) is 1.29. The number of hydrogen-bond acceptors (Lipinski definition) is 5. The third-order valence-electron chi connectivity index (χ3n) is 2.02. The van der Waals surface area contributed by atoms with Crippen LogP contribution in [0.1, 0.15) is 6.92 Å². The van der Waals surface area contributed by atoms with Gasteiger partial charge in [-0.2, -0.15) is 0 Å². The Morgan fingerprint density at radius 1 is 1.18 bits per heavy atom. The SMILES string of the molecule is CCOC(=O)COc1c(OC)cccc1OC. The molecule has 1 rings (SSSR count). The maximum atomic E-state index is 11.2. The van der Waals surface area contributed by atoms with Crippen molar-refractivity contribution in [3.63, 3.8) is 0 Å². The van der Waals surface area contributed by atoms with Crippen molar-refractivity contribution in [2.75, 3.05) is 27.4 Å². The van der Waals surface area contributed by atoms with Crippen molar-refractivity contribution in [2.24, 2.45) is 0 Å². The molecule has 0 atom stereocenters. The number of methoxy groups -OCH3 is 2. The Balaban J connectivity index is 2.77. The molecule has 5 heteroatoms. The van der Waals surface area contributed by atoms with Crippen molar-refractivity contribution in [3.05, 3.63) is 18.2 Å². The van der Waals surface area contributed by atoms with Gasteiger partial charge in [0.05, 0.1) is 20.8 Å². The smallest absolute Gasteiger partial charge is 0.344 e. The lowest BCUT2D eigenvalue weighted by molar-refractivity contribution is -0.145. The van der Waals surface area contributed by atoms with Gasteiger partial charge in [-0.1, -0.05) is 6.07 Å². The van der Waals surface area contributed by atoms with Gasteiger partial charge in [-0.25, -0.2) is 4.79 Å². The Labute approximate surface area is 100 Å². The summed E-state index contributed by atoms with van der Waals surface area (Å²) in [5.74, 6) is 0.980. The van der Waals surface area contributed by atoms with Crippen molar-refractivity contribution >= 4 is 5.97 Å². The van der Waals surface area contributed by atoms with Crippen LogP contribution in [0.4, 0.5) is 0 Å². The standard InChI is InChI=1S/C12H16O5/c1-4-16-11(13)8-17-12-9(14-2)6-5-7-10(12)15-3/h5-7H,4,8H2,1-3H3. The number of carbonyl (C=O) groups is 1. The van der Waals surface area contributed by atoms with Gasteiger partial charge in [0.25, 0.3) is 0 Å². The summed E-state index contributed by atoms with van der Waals surface area (Å²) >= 11 is 0. The number of ether oxygens (including phenoxy) is 4. The zero-order valence-corrected chi connectivity index (χ0v) is 10.2. The zero-order valence-electron chi connectivity index (χ0n) is 10.2. The molecule has 0 fully saturated rings. The van der Waals surface area contributed by atoms with E-state index in [1.54, 1.807) is 25.1 Å². The maximum Gasteiger partial charge on any atom is 0.344 e. The molecular weight excluding hydrogens is 224 g/mol. The molecule has 0 saturated carbocycles. The van der Waals surface area contributed by atoms with Crippen LogP contribution in [0, 0.1) is 0 Å². The molecule has 0 unspecified atom stereocenters. The van der Waals surface area contributed by atoms with E-state index in [1.165, 1.54) is 14.2 Å². The lowest BCUT2D eigenvalue weighted by Gasteiger charge is -2.13. The molecule has 0 aliphatic rings. The molecule has 0 radical (unpaired) electrons. The van der Waals surface area contributed by atoms with Gasteiger partial charge in [-0.05, 0) is 19.1 Å². The normalized spacial score (nSPS) is 9.59. The molecule has 17 heavy (non-hydrogen) atoms. The van der Waals surface area contributed by atoms with Gasteiger partial charge in [0, 0.05) is 0 Å². The van der Waals surface area contributed by atoms with E-state index in [2.05, 4.69) is 0 Å². The molecule has 0 aliphatic heterocycles. The number of esters is 1. The number of benzene rings is 1. The summed E-state index contributed by atoms with van der Waals surface area (Å²) in [4.78, 5) is 11.2. The van der Waals surface area contributed by atoms with Crippen LogP contribution in [-0.4, -0.2) is 33.4 Å². The Morgan fingerprint density at radius 3 is 2.24 bits per heavy atom. The van der Waals surface area contributed by atoms with Crippen LogP contribution >= 0.6 is 0 Å². The summed E-state index contributed by atoms with van der Waals surface area (Å²) in [6.07, 6.45) is 0. The first-order valence-corrected chi connectivity index (χ1v) is 5.22. The molecular formula is C12H16O5. The first kappa shape index (κ1) is 13.2. The maximum absolute atomic E-state index is 11.2. The van der Waals surface area contributed by atoms with Crippen LogP contribution in [0.2, 0.25) is 0 Å². The van der Waals surface area contributed by atoms with Crippen LogP contribution in [-0.2, 0) is 9.53 Å². The van der Waals surface area contributed by atoms with Gasteiger partial charge in [-0.3, -0.25) is 0 Å². The van der Waals surface area contributed by atoms with E-state index in [9.17, 15) is 4.79 Å². The molecule has 0 saturated heterocycles. The van der Waals surface area contributed by atoms with E-state index in [1.807, 2.05) is 0 Å². The second-order valence-corrected chi connectivity index (χ2v) is 3.09. The van der Waals surface area contributed by atoms with Crippen molar-refractivity contribution in [1.82, 2.24) is 0 Å². The number of carbonyl (C=O) groups excluding carboxylic acids is 1. The van der Waals surface area contributed by atoms with Crippen LogP contribution in [0.5, 0.6) is 17.2 Å². The van der Waals surface area contributed by atoms with E-state index in [-0.39, 0.29) is 6.61 Å². The Hall–Kier alpha value is -1.91. The average Bonchev–Trinajstić information content (AvgIpc) is 2.36. The predicted octanol–water partition coefficient (Wildman–Crippen LogP) is 1.65.